The molecular weight excluding hydrogens is 326 g/mol. The molecule has 0 bridgehead atoms. The Morgan fingerprint density at radius 1 is 1.45 bits per heavy atom. The second-order valence-electron chi connectivity index (χ2n) is 5.13. The van der Waals surface area contributed by atoms with Gasteiger partial charge in [0.25, 0.3) is 0 Å². The molecule has 2 aromatic rings. The maximum atomic E-state index is 12.5. The smallest absolute Gasteiger partial charge is 0.406 e. The molecular formula is C13H14BrN3O3. The monoisotopic (exact) mass is 339 g/mol. The van der Waals surface area contributed by atoms with Gasteiger partial charge in [0, 0.05) is 29.8 Å². The van der Waals surface area contributed by atoms with Crippen molar-refractivity contribution in [2.75, 3.05) is 13.1 Å². The van der Waals surface area contributed by atoms with Gasteiger partial charge in [0.05, 0.1) is 0 Å². The largest absolute Gasteiger partial charge is 0.429 e. The van der Waals surface area contributed by atoms with E-state index in [1.807, 2.05) is 0 Å². The highest BCUT2D eigenvalue weighted by atomic mass is 79.9. The van der Waals surface area contributed by atoms with Crippen LogP contribution in [0, 0.1) is 5.92 Å². The summed E-state index contributed by atoms with van der Waals surface area (Å²) in [6.07, 6.45) is 3.45. The molecule has 6 nitrogen and oxygen atoms in total. The quantitative estimate of drug-likeness (QED) is 0.739. The summed E-state index contributed by atoms with van der Waals surface area (Å²) >= 11 is 3.26. The number of pyridine rings is 1. The number of nitrogens with zero attached hydrogens (tertiary/aromatic N) is 3. The average Bonchev–Trinajstić information content (AvgIpc) is 2.73. The van der Waals surface area contributed by atoms with E-state index in [1.165, 1.54) is 0 Å². The van der Waals surface area contributed by atoms with Crippen molar-refractivity contribution in [3.8, 4) is 0 Å². The van der Waals surface area contributed by atoms with Gasteiger partial charge in [0.15, 0.2) is 11.2 Å². The van der Waals surface area contributed by atoms with Crippen molar-refractivity contribution in [2.45, 2.75) is 19.8 Å². The molecule has 0 aliphatic carbocycles. The van der Waals surface area contributed by atoms with Crippen LogP contribution in [-0.2, 0) is 0 Å². The first kappa shape index (κ1) is 13.4. The predicted molar refractivity (Wildman–Crippen MR) is 76.7 cm³/mol. The van der Waals surface area contributed by atoms with Gasteiger partial charge in [-0.25, -0.2) is 14.6 Å². The minimum Gasteiger partial charge on any atom is -0.406 e. The van der Waals surface area contributed by atoms with Crippen molar-refractivity contribution in [2.24, 2.45) is 5.92 Å². The summed E-state index contributed by atoms with van der Waals surface area (Å²) in [6.45, 7) is 3.49. The molecule has 1 aliphatic heterocycles. The van der Waals surface area contributed by atoms with Gasteiger partial charge in [-0.15, -0.1) is 0 Å². The Bertz CT molecular complexity index is 713. The van der Waals surface area contributed by atoms with E-state index in [1.54, 1.807) is 17.2 Å². The Hall–Kier alpha value is -1.63. The highest BCUT2D eigenvalue weighted by molar-refractivity contribution is 9.10. The second-order valence-corrected chi connectivity index (χ2v) is 6.05. The number of rotatable bonds is 0. The Kier molecular flexibility index (Phi) is 3.37. The van der Waals surface area contributed by atoms with Crippen LogP contribution in [0.2, 0.25) is 0 Å². The Morgan fingerprint density at radius 3 is 2.85 bits per heavy atom. The maximum Gasteiger partial charge on any atom is 0.429 e. The molecule has 3 heterocycles. The Morgan fingerprint density at radius 2 is 2.15 bits per heavy atom. The van der Waals surface area contributed by atoms with Crippen LogP contribution < -0.4 is 5.76 Å². The Labute approximate surface area is 123 Å². The number of carbonyl (C=O) groups is 1. The van der Waals surface area contributed by atoms with Crippen molar-refractivity contribution >= 4 is 33.2 Å². The van der Waals surface area contributed by atoms with Crippen LogP contribution in [-0.4, -0.2) is 33.6 Å². The minimum absolute atomic E-state index is 0.266. The summed E-state index contributed by atoms with van der Waals surface area (Å²) in [6, 6.07) is 1.28. The zero-order chi connectivity index (χ0) is 14.3. The van der Waals surface area contributed by atoms with Crippen LogP contribution >= 0.6 is 15.9 Å². The molecule has 0 N–H and O–H groups in total. The lowest BCUT2D eigenvalue weighted by molar-refractivity contribution is 0.174. The van der Waals surface area contributed by atoms with E-state index in [0.29, 0.717) is 29.1 Å². The van der Waals surface area contributed by atoms with E-state index in [-0.39, 0.29) is 11.7 Å². The van der Waals surface area contributed by atoms with Crippen molar-refractivity contribution in [1.82, 2.24) is 14.5 Å². The fraction of sp³-hybridized carbons (Fsp3) is 0.462. The van der Waals surface area contributed by atoms with Crippen molar-refractivity contribution < 1.29 is 9.21 Å². The normalized spacial score (nSPS) is 16.8. The molecule has 0 atom stereocenters. The summed E-state index contributed by atoms with van der Waals surface area (Å²) in [7, 11) is 0. The fourth-order valence-electron chi connectivity index (χ4n) is 2.39. The van der Waals surface area contributed by atoms with E-state index >= 15 is 0 Å². The maximum absolute atomic E-state index is 12.5. The SMILES string of the molecule is CC1CCN(C(=O)n2c(=O)oc3cc(Br)cnc32)CC1. The van der Waals surface area contributed by atoms with Gasteiger partial charge in [-0.3, -0.25) is 0 Å². The molecule has 20 heavy (non-hydrogen) atoms. The van der Waals surface area contributed by atoms with Crippen LogP contribution in [0.15, 0.2) is 25.9 Å². The van der Waals surface area contributed by atoms with Crippen molar-refractivity contribution in [3.63, 3.8) is 0 Å². The van der Waals surface area contributed by atoms with Gasteiger partial charge in [-0.05, 0) is 34.7 Å². The lowest BCUT2D eigenvalue weighted by atomic mass is 10.00. The van der Waals surface area contributed by atoms with Gasteiger partial charge < -0.3 is 9.32 Å². The van der Waals surface area contributed by atoms with Crippen molar-refractivity contribution in [1.29, 1.82) is 0 Å². The van der Waals surface area contributed by atoms with E-state index in [9.17, 15) is 9.59 Å². The Balaban J connectivity index is 1.99. The third-order valence-corrected chi connectivity index (χ3v) is 4.07. The number of piperidine rings is 1. The first-order chi connectivity index (χ1) is 9.56. The summed E-state index contributed by atoms with van der Waals surface area (Å²) in [5.41, 5.74) is 0.574. The van der Waals surface area contributed by atoms with Crippen LogP contribution in [0.25, 0.3) is 11.2 Å². The van der Waals surface area contributed by atoms with Crippen LogP contribution in [0.4, 0.5) is 4.79 Å². The molecule has 7 heteroatoms. The number of oxazole rings is 1. The topological polar surface area (TPSA) is 68.3 Å². The molecule has 0 aromatic carbocycles. The number of aromatic nitrogens is 2. The first-order valence-electron chi connectivity index (χ1n) is 6.52. The van der Waals surface area contributed by atoms with E-state index in [2.05, 4.69) is 27.8 Å². The average molecular weight is 340 g/mol. The molecule has 1 aliphatic rings. The number of amides is 1. The molecule has 0 radical (unpaired) electrons. The number of hydrogen-bond acceptors (Lipinski definition) is 4. The van der Waals surface area contributed by atoms with Gasteiger partial charge in [-0.2, -0.15) is 4.57 Å². The second kappa shape index (κ2) is 5.05. The standard InChI is InChI=1S/C13H14BrN3O3/c1-8-2-4-16(5-3-8)12(18)17-11-10(20-13(17)19)6-9(14)7-15-11/h6-8H,2-5H2,1H3. The molecule has 1 saturated heterocycles. The third-order valence-electron chi connectivity index (χ3n) is 3.64. The fourth-order valence-corrected chi connectivity index (χ4v) is 2.70. The van der Waals surface area contributed by atoms with Gasteiger partial charge in [0.2, 0.25) is 0 Å². The number of likely N-dealkylation sites (tertiary alicyclic amines) is 1. The molecule has 2 aromatic heterocycles. The minimum atomic E-state index is -0.686. The van der Waals surface area contributed by atoms with E-state index < -0.39 is 5.76 Å². The number of carbonyl (C=O) groups excluding carboxylic acids is 1. The summed E-state index contributed by atoms with van der Waals surface area (Å²) in [5.74, 6) is -0.0693. The summed E-state index contributed by atoms with van der Waals surface area (Å²) < 4.78 is 6.79. The highest BCUT2D eigenvalue weighted by Crippen LogP contribution is 2.19. The molecule has 0 saturated carbocycles. The zero-order valence-corrected chi connectivity index (χ0v) is 12.6. The zero-order valence-electron chi connectivity index (χ0n) is 11.0. The van der Waals surface area contributed by atoms with Crippen LogP contribution in [0.3, 0.4) is 0 Å². The third kappa shape index (κ3) is 2.26. The molecule has 1 amide bonds. The molecule has 1 fully saturated rings. The van der Waals surface area contributed by atoms with Gasteiger partial charge >= 0.3 is 11.8 Å². The molecule has 0 unspecified atom stereocenters. The number of fused-ring (bicyclic) bond motifs is 1. The van der Waals surface area contributed by atoms with E-state index in [4.69, 9.17) is 4.42 Å². The molecule has 0 spiro atoms. The first-order valence-corrected chi connectivity index (χ1v) is 7.32. The number of halogens is 1. The lowest BCUT2D eigenvalue weighted by Crippen LogP contribution is -2.43. The van der Waals surface area contributed by atoms with Crippen LogP contribution in [0.1, 0.15) is 19.8 Å². The predicted octanol–water partition coefficient (Wildman–Crippen LogP) is 2.45. The molecule has 106 valence electrons. The van der Waals surface area contributed by atoms with Crippen molar-refractivity contribution in [3.05, 3.63) is 27.3 Å². The number of hydrogen-bond donors (Lipinski definition) is 0. The lowest BCUT2D eigenvalue weighted by Gasteiger charge is -2.29. The van der Waals surface area contributed by atoms with Gasteiger partial charge in [0.1, 0.15) is 0 Å². The van der Waals surface area contributed by atoms with Crippen LogP contribution in [0.5, 0.6) is 0 Å². The summed E-state index contributed by atoms with van der Waals surface area (Å²) in [4.78, 5) is 30.1. The van der Waals surface area contributed by atoms with E-state index in [0.717, 1.165) is 17.4 Å². The van der Waals surface area contributed by atoms with Gasteiger partial charge in [-0.1, -0.05) is 6.92 Å². The summed E-state index contributed by atoms with van der Waals surface area (Å²) in [5, 5.41) is 0. The highest BCUT2D eigenvalue weighted by Gasteiger charge is 2.25. The molecule has 3 rings (SSSR count).